The fourth-order valence-corrected chi connectivity index (χ4v) is 2.16. The lowest BCUT2D eigenvalue weighted by molar-refractivity contribution is -0.131. The zero-order valence-electron chi connectivity index (χ0n) is 6.19. The molecule has 2 aliphatic rings. The van der Waals surface area contributed by atoms with Gasteiger partial charge in [0.25, 0.3) is 0 Å². The van der Waals surface area contributed by atoms with Gasteiger partial charge in [-0.25, -0.2) is 0 Å². The molecule has 2 fully saturated rings. The van der Waals surface area contributed by atoms with Crippen LogP contribution in [0.3, 0.4) is 0 Å². The predicted molar refractivity (Wildman–Crippen MR) is 38.3 cm³/mol. The number of hydrogen-bond donors (Lipinski definition) is 0. The Balaban J connectivity index is 2.16. The Morgan fingerprint density at radius 1 is 1.45 bits per heavy atom. The van der Waals surface area contributed by atoms with Crippen LogP contribution < -0.4 is 0 Å². The molecule has 1 saturated heterocycles. The van der Waals surface area contributed by atoms with Crippen molar-refractivity contribution in [2.24, 2.45) is 17.1 Å². The average molecular weight is 154 g/mol. The largest absolute Gasteiger partial charge is 0.273 e. The van der Waals surface area contributed by atoms with Gasteiger partial charge in [0.15, 0.2) is 0 Å². The van der Waals surface area contributed by atoms with E-state index >= 15 is 0 Å². The number of rotatable bonds is 1. The Hall–Kier alpha value is -0.930. The summed E-state index contributed by atoms with van der Waals surface area (Å²) in [4.78, 5) is 21.4. The third-order valence-electron chi connectivity index (χ3n) is 2.74. The minimum absolute atomic E-state index is 0.0532. The first-order valence-corrected chi connectivity index (χ1v) is 3.97. The minimum atomic E-state index is -0.0532. The van der Waals surface area contributed by atoms with E-state index in [0.717, 1.165) is 24.3 Å². The normalized spacial score (nSPS) is 36.0. The van der Waals surface area contributed by atoms with Crippen LogP contribution in [0, 0.1) is 16.7 Å². The van der Waals surface area contributed by atoms with E-state index in [9.17, 15) is 9.70 Å². The molecule has 0 radical (unpaired) electrons. The zero-order chi connectivity index (χ0) is 7.84. The van der Waals surface area contributed by atoms with E-state index in [2.05, 4.69) is 5.29 Å². The third kappa shape index (κ3) is 0.852. The second-order valence-electron chi connectivity index (χ2n) is 3.30. The van der Waals surface area contributed by atoms with Gasteiger partial charge in [-0.1, -0.05) is 6.42 Å². The van der Waals surface area contributed by atoms with E-state index < -0.39 is 0 Å². The highest BCUT2D eigenvalue weighted by atomic mass is 16.3. The van der Waals surface area contributed by atoms with E-state index in [1.807, 2.05) is 0 Å². The fourth-order valence-electron chi connectivity index (χ4n) is 2.16. The summed E-state index contributed by atoms with van der Waals surface area (Å²) >= 11 is 0. The van der Waals surface area contributed by atoms with Gasteiger partial charge in [0.2, 0.25) is 5.91 Å². The molecular formula is C7H10N2O2. The summed E-state index contributed by atoms with van der Waals surface area (Å²) in [6.45, 7) is 0.562. The molecule has 60 valence electrons. The number of amides is 1. The van der Waals surface area contributed by atoms with Crippen molar-refractivity contribution >= 4 is 5.91 Å². The number of carbonyl (C=O) groups excluding carboxylic acids is 1. The van der Waals surface area contributed by atoms with E-state index in [1.54, 1.807) is 0 Å². The van der Waals surface area contributed by atoms with Crippen LogP contribution in [0.4, 0.5) is 0 Å². The van der Waals surface area contributed by atoms with Crippen LogP contribution in [0.1, 0.15) is 19.3 Å². The lowest BCUT2D eigenvalue weighted by Gasteiger charge is -2.03. The number of carbonyl (C=O) groups is 1. The van der Waals surface area contributed by atoms with Crippen LogP contribution in [0.15, 0.2) is 5.29 Å². The molecule has 4 nitrogen and oxygen atoms in total. The van der Waals surface area contributed by atoms with Crippen LogP contribution in [0.2, 0.25) is 0 Å². The van der Waals surface area contributed by atoms with Crippen molar-refractivity contribution in [3.8, 4) is 0 Å². The van der Waals surface area contributed by atoms with Crippen LogP contribution in [-0.2, 0) is 4.79 Å². The SMILES string of the molecule is O=NN1CC2CCCC2C1=O. The van der Waals surface area contributed by atoms with Gasteiger partial charge in [-0.15, -0.1) is 4.91 Å². The Bertz CT molecular complexity index is 205. The lowest BCUT2D eigenvalue weighted by Crippen LogP contribution is -2.20. The summed E-state index contributed by atoms with van der Waals surface area (Å²) in [5, 5.41) is 3.76. The molecule has 4 heteroatoms. The smallest absolute Gasteiger partial charge is 0.248 e. The molecule has 1 heterocycles. The number of fused-ring (bicyclic) bond motifs is 1. The Kier molecular flexibility index (Phi) is 1.41. The fraction of sp³-hybridized carbons (Fsp3) is 0.857. The van der Waals surface area contributed by atoms with Gasteiger partial charge in [0.1, 0.15) is 0 Å². The van der Waals surface area contributed by atoms with Gasteiger partial charge in [-0.2, -0.15) is 5.01 Å². The quantitative estimate of drug-likeness (QED) is 0.527. The Morgan fingerprint density at radius 2 is 2.27 bits per heavy atom. The van der Waals surface area contributed by atoms with Crippen molar-refractivity contribution in [2.75, 3.05) is 6.54 Å². The van der Waals surface area contributed by atoms with Crippen LogP contribution in [-0.4, -0.2) is 17.5 Å². The summed E-state index contributed by atoms with van der Waals surface area (Å²) in [7, 11) is 0. The van der Waals surface area contributed by atoms with Crippen molar-refractivity contribution in [3.05, 3.63) is 4.91 Å². The van der Waals surface area contributed by atoms with E-state index in [4.69, 9.17) is 0 Å². The molecule has 2 unspecified atom stereocenters. The average Bonchev–Trinajstić information content (AvgIpc) is 2.53. The second kappa shape index (κ2) is 2.29. The summed E-state index contributed by atoms with van der Waals surface area (Å²) < 4.78 is 0. The maximum atomic E-state index is 11.3. The number of nitrogens with zero attached hydrogens (tertiary/aromatic N) is 2. The molecule has 1 saturated carbocycles. The van der Waals surface area contributed by atoms with E-state index in [-0.39, 0.29) is 11.8 Å². The van der Waals surface area contributed by atoms with E-state index in [0.29, 0.717) is 12.5 Å². The molecule has 1 aliphatic carbocycles. The first-order chi connectivity index (χ1) is 5.33. The monoisotopic (exact) mass is 154 g/mol. The van der Waals surface area contributed by atoms with Crippen LogP contribution >= 0.6 is 0 Å². The summed E-state index contributed by atoms with van der Waals surface area (Å²) in [6.07, 6.45) is 3.17. The van der Waals surface area contributed by atoms with Gasteiger partial charge >= 0.3 is 0 Å². The molecule has 0 aromatic heterocycles. The molecule has 1 aliphatic heterocycles. The third-order valence-corrected chi connectivity index (χ3v) is 2.74. The topological polar surface area (TPSA) is 49.7 Å². The predicted octanol–water partition coefficient (Wildman–Crippen LogP) is 0.926. The maximum absolute atomic E-state index is 11.3. The first-order valence-electron chi connectivity index (χ1n) is 3.97. The standard InChI is InChI=1S/C7H10N2O2/c10-7-6-3-1-2-5(6)4-9(7)8-11/h5-6H,1-4H2. The van der Waals surface area contributed by atoms with Crippen molar-refractivity contribution < 1.29 is 4.79 Å². The van der Waals surface area contributed by atoms with Gasteiger partial charge in [0.05, 0.1) is 11.8 Å². The van der Waals surface area contributed by atoms with Crippen molar-refractivity contribution in [1.82, 2.24) is 5.01 Å². The molecule has 0 N–H and O–H groups in total. The zero-order valence-corrected chi connectivity index (χ0v) is 6.19. The van der Waals surface area contributed by atoms with Gasteiger partial charge in [0, 0.05) is 5.92 Å². The highest BCUT2D eigenvalue weighted by molar-refractivity contribution is 5.81. The van der Waals surface area contributed by atoms with Crippen LogP contribution in [0.25, 0.3) is 0 Å². The molecule has 1 amide bonds. The highest BCUT2D eigenvalue weighted by Gasteiger charge is 2.43. The second-order valence-corrected chi connectivity index (χ2v) is 3.30. The Labute approximate surface area is 64.5 Å². The molecule has 11 heavy (non-hydrogen) atoms. The van der Waals surface area contributed by atoms with Crippen molar-refractivity contribution in [2.45, 2.75) is 19.3 Å². The summed E-state index contributed by atoms with van der Waals surface area (Å²) in [6, 6.07) is 0. The number of nitroso groups, excluding NO2 is 1. The van der Waals surface area contributed by atoms with Crippen molar-refractivity contribution in [3.63, 3.8) is 0 Å². The molecule has 2 rings (SSSR count). The van der Waals surface area contributed by atoms with Gasteiger partial charge in [-0.3, -0.25) is 4.79 Å². The number of hydrogen-bond acceptors (Lipinski definition) is 3. The molecular weight excluding hydrogens is 144 g/mol. The Morgan fingerprint density at radius 3 is 2.91 bits per heavy atom. The minimum Gasteiger partial charge on any atom is -0.273 e. The summed E-state index contributed by atoms with van der Waals surface area (Å²) in [5.74, 6) is 0.482. The lowest BCUT2D eigenvalue weighted by atomic mass is 10.0. The molecule has 2 atom stereocenters. The molecule has 0 aromatic rings. The van der Waals surface area contributed by atoms with E-state index in [1.165, 1.54) is 0 Å². The van der Waals surface area contributed by atoms with Crippen molar-refractivity contribution in [1.29, 1.82) is 0 Å². The highest BCUT2D eigenvalue weighted by Crippen LogP contribution is 2.38. The van der Waals surface area contributed by atoms with Gasteiger partial charge in [-0.05, 0) is 18.8 Å². The molecule has 0 spiro atoms. The van der Waals surface area contributed by atoms with Crippen LogP contribution in [0.5, 0.6) is 0 Å². The maximum Gasteiger partial charge on any atom is 0.248 e. The summed E-state index contributed by atoms with van der Waals surface area (Å²) in [5.41, 5.74) is 0. The first kappa shape index (κ1) is 6.76. The van der Waals surface area contributed by atoms with Gasteiger partial charge < -0.3 is 0 Å². The molecule has 0 aromatic carbocycles. The molecule has 0 bridgehead atoms.